The van der Waals surface area contributed by atoms with Crippen LogP contribution in [0, 0.1) is 0 Å². The molecule has 1 aromatic heterocycles. The maximum absolute atomic E-state index is 12.6. The summed E-state index contributed by atoms with van der Waals surface area (Å²) >= 11 is 0. The van der Waals surface area contributed by atoms with E-state index in [0.717, 1.165) is 17.7 Å². The molecule has 0 spiro atoms. The Bertz CT molecular complexity index is 926. The van der Waals surface area contributed by atoms with E-state index in [0.29, 0.717) is 18.1 Å². The molecule has 3 aromatic rings. The Kier molecular flexibility index (Phi) is 5.58. The minimum absolute atomic E-state index is 0.177. The van der Waals surface area contributed by atoms with E-state index in [2.05, 4.69) is 15.3 Å². The molecule has 0 saturated heterocycles. The monoisotopic (exact) mass is 386 g/mol. The summed E-state index contributed by atoms with van der Waals surface area (Å²) in [5, 5.41) is 2.85. The van der Waals surface area contributed by atoms with Crippen molar-refractivity contribution < 1.29 is 18.0 Å². The van der Waals surface area contributed by atoms with Crippen LogP contribution in [0.3, 0.4) is 0 Å². The fraction of sp³-hybridized carbons (Fsp3) is 0.150. The number of amides is 1. The van der Waals surface area contributed by atoms with E-state index in [1.807, 2.05) is 30.3 Å². The summed E-state index contributed by atoms with van der Waals surface area (Å²) in [6.45, 7) is 0.437. The Morgan fingerprint density at radius 2 is 1.68 bits per heavy atom. The lowest BCUT2D eigenvalue weighted by Crippen LogP contribution is -2.27. The Balaban J connectivity index is 1.63. The molecular weight excluding hydrogens is 369 g/mol. The Morgan fingerprint density at radius 3 is 2.25 bits per heavy atom. The number of anilines is 2. The third-order valence-electron chi connectivity index (χ3n) is 3.96. The van der Waals surface area contributed by atoms with Gasteiger partial charge >= 0.3 is 6.18 Å². The maximum atomic E-state index is 12.6. The number of carbonyl (C=O) groups is 1. The molecule has 3 rings (SSSR count). The number of benzene rings is 2. The van der Waals surface area contributed by atoms with Crippen molar-refractivity contribution in [1.29, 1.82) is 0 Å². The minimum atomic E-state index is -4.38. The molecule has 0 radical (unpaired) electrons. The first-order valence-corrected chi connectivity index (χ1v) is 8.38. The van der Waals surface area contributed by atoms with Gasteiger partial charge in [0.1, 0.15) is 11.5 Å². The molecule has 0 aliphatic carbocycles. The van der Waals surface area contributed by atoms with Crippen LogP contribution in [0.25, 0.3) is 0 Å². The second kappa shape index (κ2) is 8.08. The number of alkyl halides is 3. The maximum Gasteiger partial charge on any atom is 0.416 e. The smallest absolute Gasteiger partial charge is 0.339 e. The molecule has 8 heteroatoms. The van der Waals surface area contributed by atoms with Gasteiger partial charge in [-0.25, -0.2) is 9.97 Å². The van der Waals surface area contributed by atoms with Gasteiger partial charge in [0.2, 0.25) is 0 Å². The highest BCUT2D eigenvalue weighted by Crippen LogP contribution is 2.30. The van der Waals surface area contributed by atoms with E-state index in [4.69, 9.17) is 0 Å². The lowest BCUT2D eigenvalue weighted by Gasteiger charge is -2.16. The predicted octanol–water partition coefficient (Wildman–Crippen LogP) is 4.51. The van der Waals surface area contributed by atoms with Crippen molar-refractivity contribution in [2.75, 3.05) is 12.4 Å². The standard InChI is InChI=1S/C20H17F3N4O/c1-27(13-14-5-3-2-4-6-14)19(28)17-11-25-18(12-24-17)26-16-9-7-15(8-10-16)20(21,22)23/h2-12H,13H2,1H3,(H,25,26). The molecular formula is C20H17F3N4O. The zero-order chi connectivity index (χ0) is 20.1. The number of nitrogens with one attached hydrogen (secondary N) is 1. The fourth-order valence-corrected chi connectivity index (χ4v) is 2.52. The first-order chi connectivity index (χ1) is 13.3. The van der Waals surface area contributed by atoms with E-state index in [9.17, 15) is 18.0 Å². The normalized spacial score (nSPS) is 11.1. The van der Waals surface area contributed by atoms with Crippen LogP contribution in [-0.4, -0.2) is 27.8 Å². The van der Waals surface area contributed by atoms with Crippen molar-refractivity contribution in [1.82, 2.24) is 14.9 Å². The zero-order valence-electron chi connectivity index (χ0n) is 14.9. The Labute approximate surface area is 159 Å². The molecule has 1 amide bonds. The molecule has 1 heterocycles. The van der Waals surface area contributed by atoms with Crippen LogP contribution in [-0.2, 0) is 12.7 Å². The number of rotatable bonds is 5. The van der Waals surface area contributed by atoms with Crippen LogP contribution < -0.4 is 5.32 Å². The lowest BCUT2D eigenvalue weighted by molar-refractivity contribution is -0.137. The molecule has 0 fully saturated rings. The summed E-state index contributed by atoms with van der Waals surface area (Å²) in [7, 11) is 1.67. The quantitative estimate of drug-likeness (QED) is 0.701. The van der Waals surface area contributed by atoms with Crippen molar-refractivity contribution in [3.63, 3.8) is 0 Å². The van der Waals surface area contributed by atoms with Crippen LogP contribution in [0.4, 0.5) is 24.7 Å². The van der Waals surface area contributed by atoms with Crippen LogP contribution in [0.2, 0.25) is 0 Å². The van der Waals surface area contributed by atoms with Gasteiger partial charge in [0, 0.05) is 19.3 Å². The Morgan fingerprint density at radius 1 is 1.00 bits per heavy atom. The van der Waals surface area contributed by atoms with Gasteiger partial charge in [-0.1, -0.05) is 30.3 Å². The molecule has 2 aromatic carbocycles. The highest BCUT2D eigenvalue weighted by molar-refractivity contribution is 5.91. The summed E-state index contributed by atoms with van der Waals surface area (Å²) < 4.78 is 37.8. The number of nitrogens with zero attached hydrogens (tertiary/aromatic N) is 3. The van der Waals surface area contributed by atoms with Gasteiger partial charge in [-0.2, -0.15) is 13.2 Å². The van der Waals surface area contributed by atoms with Crippen LogP contribution in [0.15, 0.2) is 67.0 Å². The first kappa shape index (κ1) is 19.3. The molecule has 28 heavy (non-hydrogen) atoms. The third kappa shape index (κ3) is 4.85. The summed E-state index contributed by atoms with van der Waals surface area (Å²) in [6, 6.07) is 14.1. The number of hydrogen-bond donors (Lipinski definition) is 1. The Hall–Kier alpha value is -3.42. The third-order valence-corrected chi connectivity index (χ3v) is 3.96. The molecule has 1 N–H and O–H groups in total. The summed E-state index contributed by atoms with van der Waals surface area (Å²) in [5.74, 6) is 0.0412. The van der Waals surface area contributed by atoms with Crippen LogP contribution in [0.5, 0.6) is 0 Å². The second-order valence-electron chi connectivity index (χ2n) is 6.13. The van der Waals surface area contributed by atoms with Crippen molar-refractivity contribution in [3.05, 3.63) is 83.8 Å². The SMILES string of the molecule is CN(Cc1ccccc1)C(=O)c1cnc(Nc2ccc(C(F)(F)F)cc2)cn1. The van der Waals surface area contributed by atoms with Gasteiger partial charge in [-0.15, -0.1) is 0 Å². The summed E-state index contributed by atoms with van der Waals surface area (Å²) in [6.07, 6.45) is -1.69. The topological polar surface area (TPSA) is 58.1 Å². The molecule has 5 nitrogen and oxygen atoms in total. The van der Waals surface area contributed by atoms with E-state index < -0.39 is 11.7 Å². The average Bonchev–Trinajstić information content (AvgIpc) is 2.68. The van der Waals surface area contributed by atoms with Crippen molar-refractivity contribution in [3.8, 4) is 0 Å². The molecule has 0 bridgehead atoms. The van der Waals surface area contributed by atoms with E-state index in [1.165, 1.54) is 29.4 Å². The number of aromatic nitrogens is 2. The van der Waals surface area contributed by atoms with Gasteiger partial charge in [-0.3, -0.25) is 4.79 Å². The summed E-state index contributed by atoms with van der Waals surface area (Å²) in [5.41, 5.74) is 0.873. The number of carbonyl (C=O) groups excluding carboxylic acids is 1. The first-order valence-electron chi connectivity index (χ1n) is 8.38. The van der Waals surface area contributed by atoms with Gasteiger partial charge in [-0.05, 0) is 29.8 Å². The van der Waals surface area contributed by atoms with Gasteiger partial charge < -0.3 is 10.2 Å². The predicted molar refractivity (Wildman–Crippen MR) is 99.0 cm³/mol. The number of hydrogen-bond acceptors (Lipinski definition) is 4. The van der Waals surface area contributed by atoms with E-state index in [1.54, 1.807) is 7.05 Å². The van der Waals surface area contributed by atoms with Gasteiger partial charge in [0.15, 0.2) is 0 Å². The average molecular weight is 386 g/mol. The minimum Gasteiger partial charge on any atom is -0.339 e. The van der Waals surface area contributed by atoms with Crippen molar-refractivity contribution in [2.45, 2.75) is 12.7 Å². The highest BCUT2D eigenvalue weighted by atomic mass is 19.4. The van der Waals surface area contributed by atoms with Crippen molar-refractivity contribution >= 4 is 17.4 Å². The van der Waals surface area contributed by atoms with Crippen LogP contribution in [0.1, 0.15) is 21.6 Å². The molecule has 144 valence electrons. The summed E-state index contributed by atoms with van der Waals surface area (Å²) in [4.78, 5) is 22.2. The number of halogens is 3. The van der Waals surface area contributed by atoms with Gasteiger partial charge in [0.05, 0.1) is 18.0 Å². The zero-order valence-corrected chi connectivity index (χ0v) is 14.9. The molecule has 0 saturated carbocycles. The second-order valence-corrected chi connectivity index (χ2v) is 6.13. The van der Waals surface area contributed by atoms with E-state index in [-0.39, 0.29) is 11.6 Å². The molecule has 0 atom stereocenters. The van der Waals surface area contributed by atoms with Crippen molar-refractivity contribution in [2.24, 2.45) is 0 Å². The molecule has 0 aliphatic heterocycles. The fourth-order valence-electron chi connectivity index (χ4n) is 2.52. The largest absolute Gasteiger partial charge is 0.416 e. The van der Waals surface area contributed by atoms with Crippen LogP contribution >= 0.6 is 0 Å². The lowest BCUT2D eigenvalue weighted by atomic mass is 10.2. The van der Waals surface area contributed by atoms with E-state index >= 15 is 0 Å². The molecule has 0 aliphatic rings. The highest BCUT2D eigenvalue weighted by Gasteiger charge is 2.29. The van der Waals surface area contributed by atoms with Gasteiger partial charge in [0.25, 0.3) is 5.91 Å². The molecule has 0 unspecified atom stereocenters.